The van der Waals surface area contributed by atoms with E-state index in [9.17, 15) is 13.2 Å². The molecule has 3 nitrogen and oxygen atoms in total. The Bertz CT molecular complexity index is 309. The second-order valence-electron chi connectivity index (χ2n) is 2.87. The summed E-state index contributed by atoms with van der Waals surface area (Å²) >= 11 is 0. The van der Waals surface area contributed by atoms with Gasteiger partial charge in [0.2, 0.25) is 0 Å². The number of nitrogens with zero attached hydrogens (tertiary/aromatic N) is 2. The van der Waals surface area contributed by atoms with Gasteiger partial charge in [-0.25, -0.2) is 18.2 Å². The Kier molecular flexibility index (Phi) is 4.36. The molecule has 0 bridgehead atoms. The van der Waals surface area contributed by atoms with Gasteiger partial charge in [0.1, 0.15) is 0 Å². The third kappa shape index (κ3) is 3.39. The highest BCUT2D eigenvalue weighted by molar-refractivity contribution is 5.39. The minimum absolute atomic E-state index is 0.0712. The van der Waals surface area contributed by atoms with Gasteiger partial charge in [0.25, 0.3) is 6.43 Å². The summed E-state index contributed by atoms with van der Waals surface area (Å²) in [5, 5.41) is 8.66. The van der Waals surface area contributed by atoms with Crippen LogP contribution in [-0.2, 0) is 0 Å². The van der Waals surface area contributed by atoms with E-state index in [0.717, 1.165) is 11.0 Å². The Hall–Kier alpha value is -1.30. The Labute approximate surface area is 85.2 Å². The number of hydrogen-bond acceptors (Lipinski definition) is 3. The quantitative estimate of drug-likeness (QED) is 0.812. The van der Waals surface area contributed by atoms with Crippen molar-refractivity contribution >= 4 is 5.82 Å². The van der Waals surface area contributed by atoms with Crippen molar-refractivity contribution in [2.75, 3.05) is 24.6 Å². The lowest BCUT2D eigenvalue weighted by atomic mass is 10.4. The number of hydrogen-bond donors (Lipinski definition) is 1. The van der Waals surface area contributed by atoms with E-state index < -0.39 is 18.8 Å². The van der Waals surface area contributed by atoms with Crippen LogP contribution >= 0.6 is 0 Å². The molecule has 1 heterocycles. The van der Waals surface area contributed by atoms with Gasteiger partial charge in [0.15, 0.2) is 11.6 Å². The van der Waals surface area contributed by atoms with Crippen LogP contribution < -0.4 is 4.90 Å². The molecule has 0 aromatic carbocycles. The summed E-state index contributed by atoms with van der Waals surface area (Å²) in [4.78, 5) is 4.67. The van der Waals surface area contributed by atoms with Crippen molar-refractivity contribution in [2.45, 2.75) is 6.43 Å². The maximum atomic E-state index is 13.2. The third-order valence-corrected chi connectivity index (χ3v) is 1.77. The van der Waals surface area contributed by atoms with E-state index >= 15 is 0 Å². The standard InChI is InChI=1S/C9H11F3N2O/c10-7-2-1-3-13-9(7)14(4-5-15)6-8(11)12/h1-3,8,15H,4-6H2. The molecule has 0 aliphatic rings. The molecule has 0 radical (unpaired) electrons. The van der Waals surface area contributed by atoms with E-state index in [1.54, 1.807) is 0 Å². The molecule has 0 atom stereocenters. The molecule has 84 valence electrons. The van der Waals surface area contributed by atoms with Crippen LogP contribution in [0.15, 0.2) is 18.3 Å². The zero-order chi connectivity index (χ0) is 11.3. The zero-order valence-electron chi connectivity index (χ0n) is 7.91. The molecule has 0 fully saturated rings. The van der Waals surface area contributed by atoms with Crippen LogP contribution in [0.2, 0.25) is 0 Å². The molecular weight excluding hydrogens is 209 g/mol. The highest BCUT2D eigenvalue weighted by Gasteiger charge is 2.16. The molecule has 0 amide bonds. The number of alkyl halides is 2. The number of halogens is 3. The molecule has 0 aliphatic carbocycles. The Morgan fingerprint density at radius 1 is 1.47 bits per heavy atom. The van der Waals surface area contributed by atoms with E-state index in [1.165, 1.54) is 12.3 Å². The molecule has 0 spiro atoms. The second kappa shape index (κ2) is 5.55. The SMILES string of the molecule is OCCN(CC(F)F)c1ncccc1F. The largest absolute Gasteiger partial charge is 0.395 e. The lowest BCUT2D eigenvalue weighted by molar-refractivity contribution is 0.152. The normalized spacial score (nSPS) is 10.7. The van der Waals surface area contributed by atoms with Gasteiger partial charge >= 0.3 is 0 Å². The maximum Gasteiger partial charge on any atom is 0.255 e. The Morgan fingerprint density at radius 2 is 2.20 bits per heavy atom. The summed E-state index contributed by atoms with van der Waals surface area (Å²) in [6.07, 6.45) is -1.29. The summed E-state index contributed by atoms with van der Waals surface area (Å²) in [5.74, 6) is -0.835. The monoisotopic (exact) mass is 220 g/mol. The van der Waals surface area contributed by atoms with Crippen LogP contribution in [0, 0.1) is 5.82 Å². The maximum absolute atomic E-state index is 13.2. The van der Waals surface area contributed by atoms with Crippen LogP contribution in [0.5, 0.6) is 0 Å². The van der Waals surface area contributed by atoms with Gasteiger partial charge < -0.3 is 10.0 Å². The van der Waals surface area contributed by atoms with Crippen molar-refractivity contribution in [3.8, 4) is 0 Å². The summed E-state index contributed by atoms with van der Waals surface area (Å²) in [5.41, 5.74) is 0. The fourth-order valence-corrected chi connectivity index (χ4v) is 1.18. The number of rotatable bonds is 5. The third-order valence-electron chi connectivity index (χ3n) is 1.77. The summed E-state index contributed by atoms with van der Waals surface area (Å²) in [6, 6.07) is 2.51. The van der Waals surface area contributed by atoms with Gasteiger partial charge in [-0.05, 0) is 12.1 Å². The highest BCUT2D eigenvalue weighted by Crippen LogP contribution is 2.15. The van der Waals surface area contributed by atoms with Gasteiger partial charge in [-0.2, -0.15) is 0 Å². The number of aliphatic hydroxyl groups excluding tert-OH is 1. The van der Waals surface area contributed by atoms with E-state index in [0.29, 0.717) is 0 Å². The van der Waals surface area contributed by atoms with Crippen LogP contribution in [0.1, 0.15) is 0 Å². The summed E-state index contributed by atoms with van der Waals surface area (Å²) in [6.45, 7) is -1.05. The van der Waals surface area contributed by atoms with Crippen molar-refractivity contribution < 1.29 is 18.3 Å². The Balaban J connectivity index is 2.83. The van der Waals surface area contributed by atoms with Crippen molar-refractivity contribution in [3.63, 3.8) is 0 Å². The fourth-order valence-electron chi connectivity index (χ4n) is 1.18. The molecule has 0 saturated carbocycles. The lowest BCUT2D eigenvalue weighted by Crippen LogP contribution is -2.33. The molecular formula is C9H11F3N2O. The average Bonchev–Trinajstić information content (AvgIpc) is 2.17. The first-order valence-electron chi connectivity index (χ1n) is 4.39. The van der Waals surface area contributed by atoms with Crippen LogP contribution in [0.3, 0.4) is 0 Å². The second-order valence-corrected chi connectivity index (χ2v) is 2.87. The fraction of sp³-hybridized carbons (Fsp3) is 0.444. The first-order chi connectivity index (χ1) is 7.15. The molecule has 1 aromatic rings. The minimum atomic E-state index is -2.60. The minimum Gasteiger partial charge on any atom is -0.395 e. The van der Waals surface area contributed by atoms with Gasteiger partial charge in [0, 0.05) is 12.7 Å². The van der Waals surface area contributed by atoms with E-state index in [1.807, 2.05) is 0 Å². The van der Waals surface area contributed by atoms with Crippen molar-refractivity contribution in [3.05, 3.63) is 24.1 Å². The molecule has 15 heavy (non-hydrogen) atoms. The summed E-state index contributed by atoms with van der Waals surface area (Å²) in [7, 11) is 0. The van der Waals surface area contributed by atoms with Crippen molar-refractivity contribution in [1.82, 2.24) is 4.98 Å². The van der Waals surface area contributed by atoms with Crippen LogP contribution in [-0.4, -0.2) is 36.2 Å². The predicted molar refractivity (Wildman–Crippen MR) is 49.5 cm³/mol. The molecule has 0 aliphatic heterocycles. The molecule has 0 saturated heterocycles. The Morgan fingerprint density at radius 3 is 2.73 bits per heavy atom. The summed E-state index contributed by atoms with van der Waals surface area (Å²) < 4.78 is 37.5. The number of aliphatic hydroxyl groups is 1. The smallest absolute Gasteiger partial charge is 0.255 e. The van der Waals surface area contributed by atoms with Gasteiger partial charge in [-0.3, -0.25) is 0 Å². The van der Waals surface area contributed by atoms with Crippen LogP contribution in [0.4, 0.5) is 19.0 Å². The van der Waals surface area contributed by atoms with E-state index in [4.69, 9.17) is 5.11 Å². The number of anilines is 1. The number of aromatic nitrogens is 1. The van der Waals surface area contributed by atoms with Crippen molar-refractivity contribution in [1.29, 1.82) is 0 Å². The molecule has 0 unspecified atom stereocenters. The first kappa shape index (κ1) is 11.8. The van der Waals surface area contributed by atoms with Gasteiger partial charge in [-0.15, -0.1) is 0 Å². The lowest BCUT2D eigenvalue weighted by Gasteiger charge is -2.22. The zero-order valence-corrected chi connectivity index (χ0v) is 7.91. The van der Waals surface area contributed by atoms with Crippen molar-refractivity contribution in [2.24, 2.45) is 0 Å². The highest BCUT2D eigenvalue weighted by atomic mass is 19.3. The van der Waals surface area contributed by atoms with E-state index in [-0.39, 0.29) is 19.0 Å². The molecule has 6 heteroatoms. The van der Waals surface area contributed by atoms with Gasteiger partial charge in [0.05, 0.1) is 13.2 Å². The number of pyridine rings is 1. The van der Waals surface area contributed by atoms with Crippen LogP contribution in [0.25, 0.3) is 0 Å². The first-order valence-corrected chi connectivity index (χ1v) is 4.39. The van der Waals surface area contributed by atoms with Gasteiger partial charge in [-0.1, -0.05) is 0 Å². The van der Waals surface area contributed by atoms with E-state index in [2.05, 4.69) is 4.98 Å². The average molecular weight is 220 g/mol. The molecule has 1 N–H and O–H groups in total. The molecule has 1 aromatic heterocycles. The topological polar surface area (TPSA) is 36.4 Å². The predicted octanol–water partition coefficient (Wildman–Crippen LogP) is 1.28. The molecule has 1 rings (SSSR count).